The number of hydroxylamine groups is 2. The van der Waals surface area contributed by atoms with Crippen LogP contribution in [-0.2, 0) is 9.63 Å². The number of nitrogens with zero attached hydrogens (tertiary/aromatic N) is 1. The fourth-order valence-corrected chi connectivity index (χ4v) is 3.48. The molecular formula is C17H19NO4. The fraction of sp³-hybridized carbons (Fsp3) is 0.471. The molecule has 1 fully saturated rings. The molecule has 0 radical (unpaired) electrons. The maximum atomic E-state index is 12.3. The van der Waals surface area contributed by atoms with Crippen LogP contribution in [-0.4, -0.2) is 22.8 Å². The third-order valence-corrected chi connectivity index (χ3v) is 5.15. The Labute approximate surface area is 129 Å². The highest BCUT2D eigenvalue weighted by molar-refractivity contribution is 6.20. The number of benzene rings is 1. The molecule has 1 saturated carbocycles. The maximum Gasteiger partial charge on any atom is 0.336 e. The number of imide groups is 1. The van der Waals surface area contributed by atoms with Gasteiger partial charge in [-0.3, -0.25) is 9.59 Å². The Morgan fingerprint density at radius 3 is 2.23 bits per heavy atom. The molecule has 0 spiro atoms. The van der Waals surface area contributed by atoms with Crippen LogP contribution >= 0.6 is 0 Å². The predicted octanol–water partition coefficient (Wildman–Crippen LogP) is 2.81. The second kappa shape index (κ2) is 4.93. The van der Waals surface area contributed by atoms with Crippen LogP contribution in [0.5, 0.6) is 0 Å². The predicted molar refractivity (Wildman–Crippen MR) is 78.7 cm³/mol. The van der Waals surface area contributed by atoms with Gasteiger partial charge in [0.2, 0.25) is 0 Å². The van der Waals surface area contributed by atoms with Gasteiger partial charge in [-0.05, 0) is 36.3 Å². The smallest absolute Gasteiger partial charge is 0.329 e. The van der Waals surface area contributed by atoms with E-state index < -0.39 is 17.8 Å². The number of carbonyl (C=O) groups excluding carboxylic acids is 3. The minimum atomic E-state index is -0.568. The van der Waals surface area contributed by atoms with Crippen LogP contribution in [0.25, 0.3) is 0 Å². The minimum Gasteiger partial charge on any atom is -0.329 e. The average Bonchev–Trinajstić information content (AvgIpc) is 3.22. The van der Waals surface area contributed by atoms with Gasteiger partial charge in [0.15, 0.2) is 0 Å². The molecule has 2 atom stereocenters. The molecule has 5 nitrogen and oxygen atoms in total. The lowest BCUT2D eigenvalue weighted by Gasteiger charge is -2.20. The Hall–Kier alpha value is -2.17. The Balaban J connectivity index is 1.75. The maximum absolute atomic E-state index is 12.3. The van der Waals surface area contributed by atoms with E-state index in [9.17, 15) is 14.4 Å². The van der Waals surface area contributed by atoms with Crippen molar-refractivity contribution in [2.45, 2.75) is 33.6 Å². The topological polar surface area (TPSA) is 63.7 Å². The number of carbonyl (C=O) groups is 3. The summed E-state index contributed by atoms with van der Waals surface area (Å²) in [6.45, 7) is 6.22. The molecule has 2 amide bonds. The summed E-state index contributed by atoms with van der Waals surface area (Å²) >= 11 is 0. The largest absolute Gasteiger partial charge is 0.336 e. The van der Waals surface area contributed by atoms with E-state index in [1.54, 1.807) is 24.3 Å². The van der Waals surface area contributed by atoms with E-state index in [1.165, 1.54) is 0 Å². The number of amides is 2. The SMILES string of the molecule is CCC1(C(C)C)CC1C(=O)ON1C(=O)c2ccccc2C1=O. The quantitative estimate of drug-likeness (QED) is 0.802. The molecule has 1 heterocycles. The van der Waals surface area contributed by atoms with Gasteiger partial charge < -0.3 is 4.84 Å². The van der Waals surface area contributed by atoms with Gasteiger partial charge >= 0.3 is 5.97 Å². The van der Waals surface area contributed by atoms with Crippen molar-refractivity contribution >= 4 is 17.8 Å². The first-order valence-electron chi connectivity index (χ1n) is 7.62. The first-order chi connectivity index (χ1) is 10.4. The summed E-state index contributed by atoms with van der Waals surface area (Å²) < 4.78 is 0. The highest BCUT2D eigenvalue weighted by atomic mass is 16.7. The average molecular weight is 301 g/mol. The zero-order chi connectivity index (χ0) is 16.1. The van der Waals surface area contributed by atoms with E-state index in [1.807, 2.05) is 0 Å². The van der Waals surface area contributed by atoms with E-state index in [0.29, 0.717) is 11.0 Å². The van der Waals surface area contributed by atoms with Crippen LogP contribution in [0.4, 0.5) is 0 Å². The van der Waals surface area contributed by atoms with Crippen LogP contribution in [0.1, 0.15) is 54.3 Å². The van der Waals surface area contributed by atoms with E-state index in [4.69, 9.17) is 4.84 Å². The normalized spacial score (nSPS) is 26.4. The van der Waals surface area contributed by atoms with Crippen LogP contribution < -0.4 is 0 Å². The van der Waals surface area contributed by atoms with Crippen LogP contribution in [0.3, 0.4) is 0 Å². The van der Waals surface area contributed by atoms with Crippen LogP contribution in [0.15, 0.2) is 24.3 Å². The molecule has 22 heavy (non-hydrogen) atoms. The zero-order valence-corrected chi connectivity index (χ0v) is 13.0. The lowest BCUT2D eigenvalue weighted by Crippen LogP contribution is -2.34. The molecule has 0 saturated heterocycles. The lowest BCUT2D eigenvalue weighted by atomic mass is 9.87. The van der Waals surface area contributed by atoms with Gasteiger partial charge in [-0.25, -0.2) is 4.79 Å². The minimum absolute atomic E-state index is 0.0598. The van der Waals surface area contributed by atoms with E-state index in [-0.39, 0.29) is 22.5 Å². The molecule has 1 aliphatic carbocycles. The second-order valence-corrected chi connectivity index (χ2v) is 6.36. The van der Waals surface area contributed by atoms with E-state index in [2.05, 4.69) is 20.8 Å². The van der Waals surface area contributed by atoms with Gasteiger partial charge in [0.25, 0.3) is 11.8 Å². The second-order valence-electron chi connectivity index (χ2n) is 6.36. The third kappa shape index (κ3) is 1.95. The summed E-state index contributed by atoms with van der Waals surface area (Å²) in [5.41, 5.74) is 0.499. The highest BCUT2D eigenvalue weighted by Crippen LogP contribution is 2.60. The van der Waals surface area contributed by atoms with Crippen molar-refractivity contribution in [3.63, 3.8) is 0 Å². The summed E-state index contributed by atoms with van der Waals surface area (Å²) in [4.78, 5) is 41.8. The van der Waals surface area contributed by atoms with Crippen LogP contribution in [0.2, 0.25) is 0 Å². The molecular weight excluding hydrogens is 282 g/mol. The third-order valence-electron chi connectivity index (χ3n) is 5.15. The standard InChI is InChI=1S/C17H19NO4/c1-4-17(10(2)3)9-13(17)16(21)22-18-14(19)11-7-5-6-8-12(11)15(18)20/h5-8,10,13H,4,9H2,1-3H3. The van der Waals surface area contributed by atoms with Crippen molar-refractivity contribution in [3.8, 4) is 0 Å². The van der Waals surface area contributed by atoms with Gasteiger partial charge in [-0.2, -0.15) is 0 Å². The molecule has 3 rings (SSSR count). The van der Waals surface area contributed by atoms with Gasteiger partial charge in [0, 0.05) is 0 Å². The summed E-state index contributed by atoms with van der Waals surface area (Å²) in [6, 6.07) is 6.48. The van der Waals surface area contributed by atoms with Crippen molar-refractivity contribution < 1.29 is 19.2 Å². The van der Waals surface area contributed by atoms with Gasteiger partial charge in [0.1, 0.15) is 0 Å². The summed E-state index contributed by atoms with van der Waals surface area (Å²) in [5.74, 6) is -1.49. The monoisotopic (exact) mass is 301 g/mol. The van der Waals surface area contributed by atoms with Crippen molar-refractivity contribution in [1.82, 2.24) is 5.06 Å². The molecule has 2 unspecified atom stereocenters. The van der Waals surface area contributed by atoms with Crippen molar-refractivity contribution in [2.24, 2.45) is 17.3 Å². The zero-order valence-electron chi connectivity index (χ0n) is 13.0. The molecule has 116 valence electrons. The molecule has 1 aliphatic heterocycles. The van der Waals surface area contributed by atoms with Crippen molar-refractivity contribution in [3.05, 3.63) is 35.4 Å². The highest BCUT2D eigenvalue weighted by Gasteiger charge is 2.60. The molecule has 0 N–H and O–H groups in total. The molecule has 1 aromatic carbocycles. The van der Waals surface area contributed by atoms with Crippen molar-refractivity contribution in [2.75, 3.05) is 0 Å². The van der Waals surface area contributed by atoms with Crippen LogP contribution in [0, 0.1) is 17.3 Å². The van der Waals surface area contributed by atoms with Gasteiger partial charge in [-0.15, -0.1) is 0 Å². The molecule has 2 aliphatic rings. The Kier molecular flexibility index (Phi) is 3.31. The Morgan fingerprint density at radius 2 is 1.82 bits per heavy atom. The van der Waals surface area contributed by atoms with Gasteiger partial charge in [-0.1, -0.05) is 38.0 Å². The number of fused-ring (bicyclic) bond motifs is 1. The van der Waals surface area contributed by atoms with E-state index in [0.717, 1.165) is 12.8 Å². The number of hydrogen-bond acceptors (Lipinski definition) is 4. The lowest BCUT2D eigenvalue weighted by molar-refractivity contribution is -0.171. The number of rotatable bonds is 4. The molecule has 1 aromatic rings. The first-order valence-corrected chi connectivity index (χ1v) is 7.62. The fourth-order valence-electron chi connectivity index (χ4n) is 3.48. The molecule has 0 aromatic heterocycles. The summed E-state index contributed by atoms with van der Waals surface area (Å²) in [7, 11) is 0. The molecule has 5 heteroatoms. The number of hydrogen-bond donors (Lipinski definition) is 0. The Bertz CT molecular complexity index is 631. The van der Waals surface area contributed by atoms with Crippen molar-refractivity contribution in [1.29, 1.82) is 0 Å². The summed E-state index contributed by atoms with van der Waals surface area (Å²) in [6.07, 6.45) is 1.63. The Morgan fingerprint density at radius 1 is 1.27 bits per heavy atom. The van der Waals surface area contributed by atoms with E-state index >= 15 is 0 Å². The van der Waals surface area contributed by atoms with Gasteiger partial charge in [0.05, 0.1) is 17.0 Å². The molecule has 0 bridgehead atoms. The first kappa shape index (κ1) is 14.8. The summed E-state index contributed by atoms with van der Waals surface area (Å²) in [5, 5.41) is 0.603.